The van der Waals surface area contributed by atoms with Gasteiger partial charge in [0.05, 0.1) is 0 Å². The smallest absolute Gasteiger partial charge is 0.152 e. The van der Waals surface area contributed by atoms with Gasteiger partial charge in [0.25, 0.3) is 0 Å². The fourth-order valence-electron chi connectivity index (χ4n) is 2.80. The molecule has 0 aromatic carbocycles. The molecule has 0 aromatic rings. The summed E-state index contributed by atoms with van der Waals surface area (Å²) in [5.41, 5.74) is 0.323. The molecule has 0 saturated heterocycles. The van der Waals surface area contributed by atoms with Crippen molar-refractivity contribution in [3.63, 3.8) is 0 Å². The lowest BCUT2D eigenvalue weighted by molar-refractivity contribution is -0.112. The maximum atomic E-state index is 11.0. The van der Waals surface area contributed by atoms with Crippen LogP contribution in [0, 0.1) is 23.2 Å². The second-order valence-corrected chi connectivity index (χ2v) is 5.77. The Morgan fingerprint density at radius 1 is 1.27 bits per heavy atom. The molecule has 86 valence electrons. The lowest BCUT2D eigenvalue weighted by Gasteiger charge is -2.46. The molecule has 1 aliphatic carbocycles. The van der Waals surface area contributed by atoms with E-state index in [1.54, 1.807) is 13.0 Å². The fraction of sp³-hybridized carbons (Fsp3) is 0.786. The van der Waals surface area contributed by atoms with Gasteiger partial charge in [-0.15, -0.1) is 0 Å². The largest absolute Gasteiger partial charge is 0.295 e. The van der Waals surface area contributed by atoms with E-state index in [2.05, 4.69) is 33.8 Å². The molecular formula is C14H24O. The number of hydrogen-bond donors (Lipinski definition) is 0. The third-order valence-electron chi connectivity index (χ3n) is 4.34. The number of allylic oxidation sites excluding steroid dienone is 2. The summed E-state index contributed by atoms with van der Waals surface area (Å²) >= 11 is 0. The Labute approximate surface area is 93.9 Å². The van der Waals surface area contributed by atoms with Crippen LogP contribution in [-0.4, -0.2) is 5.78 Å². The van der Waals surface area contributed by atoms with Gasteiger partial charge in [0, 0.05) is 0 Å². The van der Waals surface area contributed by atoms with Crippen LogP contribution in [0.15, 0.2) is 12.2 Å². The van der Waals surface area contributed by atoms with Crippen molar-refractivity contribution in [2.45, 2.75) is 47.5 Å². The molecule has 0 heterocycles. The Kier molecular flexibility index (Phi) is 3.75. The van der Waals surface area contributed by atoms with Crippen molar-refractivity contribution >= 4 is 5.78 Å². The van der Waals surface area contributed by atoms with Gasteiger partial charge >= 0.3 is 0 Å². The van der Waals surface area contributed by atoms with E-state index in [1.165, 1.54) is 12.8 Å². The first-order valence-electron chi connectivity index (χ1n) is 6.04. The van der Waals surface area contributed by atoms with Gasteiger partial charge in [-0.1, -0.05) is 33.8 Å². The molecule has 15 heavy (non-hydrogen) atoms. The summed E-state index contributed by atoms with van der Waals surface area (Å²) in [7, 11) is 0. The van der Waals surface area contributed by atoms with E-state index >= 15 is 0 Å². The van der Waals surface area contributed by atoms with Crippen LogP contribution in [-0.2, 0) is 4.79 Å². The average Bonchev–Trinajstić information content (AvgIpc) is 2.11. The van der Waals surface area contributed by atoms with Crippen LogP contribution in [0.25, 0.3) is 0 Å². The number of ketones is 1. The van der Waals surface area contributed by atoms with Gasteiger partial charge < -0.3 is 0 Å². The number of carbonyl (C=O) groups is 1. The molecule has 1 fully saturated rings. The van der Waals surface area contributed by atoms with Gasteiger partial charge in [0.15, 0.2) is 5.78 Å². The third kappa shape index (κ3) is 2.70. The van der Waals surface area contributed by atoms with Crippen LogP contribution in [0.3, 0.4) is 0 Å². The van der Waals surface area contributed by atoms with Crippen molar-refractivity contribution in [3.05, 3.63) is 12.2 Å². The Hall–Kier alpha value is -0.590. The zero-order valence-corrected chi connectivity index (χ0v) is 10.7. The van der Waals surface area contributed by atoms with Crippen molar-refractivity contribution in [2.75, 3.05) is 0 Å². The predicted molar refractivity (Wildman–Crippen MR) is 64.7 cm³/mol. The second kappa shape index (κ2) is 4.51. The minimum Gasteiger partial charge on any atom is -0.295 e. The van der Waals surface area contributed by atoms with Crippen molar-refractivity contribution in [1.29, 1.82) is 0 Å². The summed E-state index contributed by atoms with van der Waals surface area (Å²) in [4.78, 5) is 11.0. The summed E-state index contributed by atoms with van der Waals surface area (Å²) in [5.74, 6) is 2.16. The first-order chi connectivity index (χ1) is 6.85. The minimum absolute atomic E-state index is 0.163. The Morgan fingerprint density at radius 3 is 2.40 bits per heavy atom. The first kappa shape index (κ1) is 12.5. The van der Waals surface area contributed by atoms with Gasteiger partial charge in [0.2, 0.25) is 0 Å². The average molecular weight is 208 g/mol. The molecule has 0 bridgehead atoms. The van der Waals surface area contributed by atoms with Crippen LogP contribution < -0.4 is 0 Å². The molecule has 3 unspecified atom stereocenters. The molecule has 0 radical (unpaired) electrons. The normalized spacial score (nSPS) is 35.7. The van der Waals surface area contributed by atoms with Crippen LogP contribution in [0.1, 0.15) is 47.5 Å². The molecule has 0 aromatic heterocycles. The Morgan fingerprint density at radius 2 is 1.87 bits per heavy atom. The Bertz CT molecular complexity index is 263. The zero-order valence-electron chi connectivity index (χ0n) is 10.7. The van der Waals surface area contributed by atoms with E-state index in [4.69, 9.17) is 0 Å². The molecule has 0 amide bonds. The molecule has 1 saturated carbocycles. The summed E-state index contributed by atoms with van der Waals surface area (Å²) in [6.07, 6.45) is 6.50. The lowest BCUT2D eigenvalue weighted by atomic mass is 9.59. The monoisotopic (exact) mass is 208 g/mol. The maximum absolute atomic E-state index is 11.0. The SMILES string of the molecule is CC(=O)C=CC1C(C)CCC(C)C1(C)C. The van der Waals surface area contributed by atoms with E-state index < -0.39 is 0 Å². The van der Waals surface area contributed by atoms with E-state index in [0.717, 1.165) is 5.92 Å². The number of carbonyl (C=O) groups excluding carboxylic acids is 1. The predicted octanol–water partition coefficient (Wildman–Crippen LogP) is 3.84. The molecule has 1 rings (SSSR count). The zero-order chi connectivity index (χ0) is 11.6. The summed E-state index contributed by atoms with van der Waals surface area (Å²) in [5, 5.41) is 0. The standard InChI is InChI=1S/C14H24O/c1-10-6-7-11(2)14(4,5)13(10)9-8-12(3)15/h8-11,13H,6-7H2,1-5H3. The molecule has 1 aliphatic rings. The van der Waals surface area contributed by atoms with Gasteiger partial charge in [-0.05, 0) is 49.0 Å². The lowest BCUT2D eigenvalue weighted by Crippen LogP contribution is -2.38. The van der Waals surface area contributed by atoms with E-state index in [-0.39, 0.29) is 5.78 Å². The van der Waals surface area contributed by atoms with Crippen molar-refractivity contribution in [3.8, 4) is 0 Å². The quantitative estimate of drug-likeness (QED) is 0.630. The minimum atomic E-state index is 0.163. The van der Waals surface area contributed by atoms with Crippen LogP contribution in [0.5, 0.6) is 0 Å². The Balaban J connectivity index is 2.85. The van der Waals surface area contributed by atoms with E-state index in [9.17, 15) is 4.79 Å². The van der Waals surface area contributed by atoms with Crippen LogP contribution in [0.4, 0.5) is 0 Å². The summed E-state index contributed by atoms with van der Waals surface area (Å²) < 4.78 is 0. The van der Waals surface area contributed by atoms with Gasteiger partial charge in [-0.25, -0.2) is 0 Å². The molecular weight excluding hydrogens is 184 g/mol. The van der Waals surface area contributed by atoms with E-state index in [0.29, 0.717) is 17.3 Å². The van der Waals surface area contributed by atoms with E-state index in [1.807, 2.05) is 0 Å². The first-order valence-corrected chi connectivity index (χ1v) is 6.04. The van der Waals surface area contributed by atoms with Crippen molar-refractivity contribution in [1.82, 2.24) is 0 Å². The van der Waals surface area contributed by atoms with Crippen molar-refractivity contribution in [2.24, 2.45) is 23.2 Å². The maximum Gasteiger partial charge on any atom is 0.152 e. The topological polar surface area (TPSA) is 17.1 Å². The molecule has 0 spiro atoms. The molecule has 1 nitrogen and oxygen atoms in total. The summed E-state index contributed by atoms with van der Waals surface area (Å²) in [6, 6.07) is 0. The number of rotatable bonds is 2. The second-order valence-electron chi connectivity index (χ2n) is 5.77. The highest BCUT2D eigenvalue weighted by molar-refractivity contribution is 5.87. The highest BCUT2D eigenvalue weighted by Crippen LogP contribution is 2.48. The fourth-order valence-corrected chi connectivity index (χ4v) is 2.80. The highest BCUT2D eigenvalue weighted by atomic mass is 16.1. The van der Waals surface area contributed by atoms with Gasteiger partial charge in [-0.3, -0.25) is 4.79 Å². The highest BCUT2D eigenvalue weighted by Gasteiger charge is 2.39. The molecule has 1 heteroatoms. The summed E-state index contributed by atoms with van der Waals surface area (Å²) in [6.45, 7) is 10.9. The van der Waals surface area contributed by atoms with Crippen LogP contribution in [0.2, 0.25) is 0 Å². The third-order valence-corrected chi connectivity index (χ3v) is 4.34. The van der Waals surface area contributed by atoms with Crippen LogP contribution >= 0.6 is 0 Å². The van der Waals surface area contributed by atoms with Gasteiger partial charge in [0.1, 0.15) is 0 Å². The molecule has 3 atom stereocenters. The number of hydrogen-bond acceptors (Lipinski definition) is 1. The van der Waals surface area contributed by atoms with Gasteiger partial charge in [-0.2, -0.15) is 0 Å². The molecule has 0 N–H and O–H groups in total. The van der Waals surface area contributed by atoms with Crippen molar-refractivity contribution < 1.29 is 4.79 Å². The molecule has 0 aliphatic heterocycles.